The van der Waals surface area contributed by atoms with Gasteiger partial charge >= 0.3 is 0 Å². The molecule has 1 heterocycles. The molecule has 178 valence electrons. The van der Waals surface area contributed by atoms with Crippen molar-refractivity contribution in [1.82, 2.24) is 0 Å². The summed E-state index contributed by atoms with van der Waals surface area (Å²) in [5.74, 6) is 4.75. The van der Waals surface area contributed by atoms with Crippen LogP contribution < -0.4 is 0 Å². The number of ketones is 1. The van der Waals surface area contributed by atoms with E-state index >= 15 is 0 Å². The van der Waals surface area contributed by atoms with Crippen molar-refractivity contribution in [3.05, 3.63) is 22.8 Å². The first-order valence-electron chi connectivity index (χ1n) is 13.8. The van der Waals surface area contributed by atoms with Gasteiger partial charge in [-0.25, -0.2) is 0 Å². The third-order valence-corrected chi connectivity index (χ3v) is 11.4. The molecule has 32 heavy (non-hydrogen) atoms. The van der Waals surface area contributed by atoms with Crippen LogP contribution in [0.2, 0.25) is 0 Å². The van der Waals surface area contributed by atoms with E-state index in [1.54, 1.807) is 11.1 Å². The standard InChI is InChI=1S/C30H46O2/c1-7-18(2)14-28-20(4)21(5)30(32-28)13-11-24-25-9-8-22-15-23(31)10-12-29(22,6)27(25)16-26(24)19(3)17-30/h15,18,20-21,24-25,27-28H,7-14,16-17H2,1-6H3/t18-,20+,21-,24+,25+,27+,28-,29+,30+/m1/s1. The quantitative estimate of drug-likeness (QED) is 0.422. The molecule has 4 aliphatic carbocycles. The summed E-state index contributed by atoms with van der Waals surface area (Å²) in [5.41, 5.74) is 5.27. The van der Waals surface area contributed by atoms with Crippen LogP contribution in [0, 0.1) is 40.9 Å². The van der Waals surface area contributed by atoms with E-state index in [1.165, 1.54) is 44.1 Å². The molecule has 0 bridgehead atoms. The third kappa shape index (κ3) is 3.41. The molecular weight excluding hydrogens is 392 g/mol. The van der Waals surface area contributed by atoms with E-state index in [0.717, 1.165) is 49.4 Å². The predicted molar refractivity (Wildman–Crippen MR) is 131 cm³/mol. The molecule has 2 heteroatoms. The Kier molecular flexibility index (Phi) is 5.79. The lowest BCUT2D eigenvalue weighted by atomic mass is 9.56. The number of carbonyl (C=O) groups excluding carboxylic acids is 1. The van der Waals surface area contributed by atoms with Crippen LogP contribution in [0.3, 0.4) is 0 Å². The molecule has 0 radical (unpaired) electrons. The molecule has 1 spiro atoms. The topological polar surface area (TPSA) is 26.3 Å². The zero-order valence-electron chi connectivity index (χ0n) is 21.5. The Morgan fingerprint density at radius 1 is 1.19 bits per heavy atom. The monoisotopic (exact) mass is 438 g/mol. The molecule has 9 atom stereocenters. The van der Waals surface area contributed by atoms with Gasteiger partial charge in [-0.2, -0.15) is 0 Å². The van der Waals surface area contributed by atoms with E-state index in [-0.39, 0.29) is 11.0 Å². The molecule has 0 unspecified atom stereocenters. The minimum absolute atomic E-state index is 0.0648. The Morgan fingerprint density at radius 3 is 2.72 bits per heavy atom. The van der Waals surface area contributed by atoms with E-state index in [9.17, 15) is 4.79 Å². The predicted octanol–water partition coefficient (Wildman–Crippen LogP) is 7.67. The van der Waals surface area contributed by atoms with Gasteiger partial charge in [0.15, 0.2) is 5.78 Å². The molecule has 2 saturated carbocycles. The number of rotatable bonds is 3. The van der Waals surface area contributed by atoms with Crippen molar-refractivity contribution in [2.75, 3.05) is 0 Å². The van der Waals surface area contributed by atoms with Gasteiger partial charge < -0.3 is 4.74 Å². The number of allylic oxidation sites excluding steroid dienone is 3. The average molecular weight is 439 g/mol. The summed E-state index contributed by atoms with van der Waals surface area (Å²) in [6, 6.07) is 0. The molecule has 5 aliphatic rings. The van der Waals surface area contributed by atoms with Crippen LogP contribution in [-0.2, 0) is 9.53 Å². The van der Waals surface area contributed by atoms with Crippen molar-refractivity contribution in [3.63, 3.8) is 0 Å². The van der Waals surface area contributed by atoms with Crippen molar-refractivity contribution >= 4 is 5.78 Å². The molecule has 0 N–H and O–H groups in total. The molecule has 0 aromatic rings. The maximum Gasteiger partial charge on any atom is 0.155 e. The van der Waals surface area contributed by atoms with E-state index in [2.05, 4.69) is 41.5 Å². The molecule has 1 saturated heterocycles. The molecule has 3 fully saturated rings. The van der Waals surface area contributed by atoms with Crippen LogP contribution in [0.5, 0.6) is 0 Å². The number of carbonyl (C=O) groups is 1. The average Bonchev–Trinajstić information content (AvgIpc) is 3.20. The Bertz CT molecular complexity index is 836. The summed E-state index contributed by atoms with van der Waals surface area (Å²) < 4.78 is 7.08. The largest absolute Gasteiger partial charge is 0.371 e. The summed E-state index contributed by atoms with van der Waals surface area (Å²) in [5, 5.41) is 0. The zero-order chi connectivity index (χ0) is 22.8. The molecule has 5 rings (SSSR count). The normalized spacial score (nSPS) is 47.1. The van der Waals surface area contributed by atoms with Crippen LogP contribution in [-0.4, -0.2) is 17.5 Å². The zero-order valence-corrected chi connectivity index (χ0v) is 21.5. The third-order valence-electron chi connectivity index (χ3n) is 11.4. The summed E-state index contributed by atoms with van der Waals surface area (Å²) in [6.45, 7) is 14.6. The van der Waals surface area contributed by atoms with Gasteiger partial charge in [-0.05, 0) is 105 Å². The van der Waals surface area contributed by atoms with Crippen molar-refractivity contribution in [2.24, 2.45) is 40.9 Å². The SMILES string of the molecule is CC[C@@H](C)C[C@H]1O[C@]2(CC[C@@H]3C(=C(C)C2)C[C@H]2[C@H]3CCC3=CC(=O)CC[C@@]32C)[C@H](C)[C@@H]1C. The highest BCUT2D eigenvalue weighted by Gasteiger charge is 2.57. The van der Waals surface area contributed by atoms with Gasteiger partial charge in [-0.1, -0.05) is 57.8 Å². The molecular formula is C30H46O2. The fraction of sp³-hybridized carbons (Fsp3) is 0.833. The fourth-order valence-corrected chi connectivity index (χ4v) is 8.82. The smallest absolute Gasteiger partial charge is 0.155 e. The molecule has 1 aliphatic heterocycles. The Hall–Kier alpha value is -0.890. The first-order chi connectivity index (χ1) is 15.2. The maximum absolute atomic E-state index is 12.1. The lowest BCUT2D eigenvalue weighted by molar-refractivity contribution is -0.116. The lowest BCUT2D eigenvalue weighted by Crippen LogP contribution is -2.40. The van der Waals surface area contributed by atoms with Gasteiger partial charge in [0, 0.05) is 6.42 Å². The van der Waals surface area contributed by atoms with Crippen molar-refractivity contribution in [2.45, 2.75) is 117 Å². The highest BCUT2D eigenvalue weighted by atomic mass is 16.5. The second kappa shape index (κ2) is 8.10. The molecule has 0 amide bonds. The Labute approximate surface area is 196 Å². The summed E-state index contributed by atoms with van der Waals surface area (Å²) in [6.07, 6.45) is 14.2. The van der Waals surface area contributed by atoms with E-state index in [1.807, 2.05) is 6.08 Å². The second-order valence-electron chi connectivity index (χ2n) is 12.8. The fourth-order valence-electron chi connectivity index (χ4n) is 8.82. The van der Waals surface area contributed by atoms with Crippen LogP contribution >= 0.6 is 0 Å². The number of ether oxygens (including phenoxy) is 1. The van der Waals surface area contributed by atoms with Crippen LogP contribution in [0.25, 0.3) is 0 Å². The Balaban J connectivity index is 1.41. The second-order valence-corrected chi connectivity index (χ2v) is 12.8. The van der Waals surface area contributed by atoms with Crippen LogP contribution in [0.1, 0.15) is 106 Å². The summed E-state index contributed by atoms with van der Waals surface area (Å²) >= 11 is 0. The minimum Gasteiger partial charge on any atom is -0.371 e. The Morgan fingerprint density at radius 2 is 1.97 bits per heavy atom. The molecule has 0 aromatic heterocycles. The van der Waals surface area contributed by atoms with E-state index in [0.29, 0.717) is 23.7 Å². The van der Waals surface area contributed by atoms with Gasteiger partial charge in [-0.15, -0.1) is 0 Å². The van der Waals surface area contributed by atoms with Crippen LogP contribution in [0.4, 0.5) is 0 Å². The van der Waals surface area contributed by atoms with Crippen molar-refractivity contribution < 1.29 is 9.53 Å². The van der Waals surface area contributed by atoms with E-state index < -0.39 is 0 Å². The molecule has 2 nitrogen and oxygen atoms in total. The number of hydrogen-bond acceptors (Lipinski definition) is 2. The van der Waals surface area contributed by atoms with Gasteiger partial charge in [-0.3, -0.25) is 4.79 Å². The summed E-state index contributed by atoms with van der Waals surface area (Å²) in [4.78, 5) is 12.1. The maximum atomic E-state index is 12.1. The van der Waals surface area contributed by atoms with Gasteiger partial charge in [0.2, 0.25) is 0 Å². The van der Waals surface area contributed by atoms with Crippen LogP contribution in [0.15, 0.2) is 22.8 Å². The number of fused-ring (bicyclic) bond motifs is 5. The van der Waals surface area contributed by atoms with Crippen molar-refractivity contribution in [1.29, 1.82) is 0 Å². The highest BCUT2D eigenvalue weighted by molar-refractivity contribution is 5.91. The first-order valence-corrected chi connectivity index (χ1v) is 13.8. The first kappa shape index (κ1) is 22.9. The van der Waals surface area contributed by atoms with E-state index in [4.69, 9.17) is 4.74 Å². The van der Waals surface area contributed by atoms with Crippen molar-refractivity contribution in [3.8, 4) is 0 Å². The van der Waals surface area contributed by atoms with Gasteiger partial charge in [0.1, 0.15) is 0 Å². The highest BCUT2D eigenvalue weighted by Crippen LogP contribution is 2.64. The minimum atomic E-state index is 0.0648. The lowest BCUT2D eigenvalue weighted by Gasteiger charge is -2.48. The van der Waals surface area contributed by atoms with Gasteiger partial charge in [0.25, 0.3) is 0 Å². The number of hydrogen-bond donors (Lipinski definition) is 0. The summed E-state index contributed by atoms with van der Waals surface area (Å²) in [7, 11) is 0. The van der Waals surface area contributed by atoms with Gasteiger partial charge in [0.05, 0.1) is 11.7 Å². The molecule has 0 aromatic carbocycles.